The Labute approximate surface area is 131 Å². The molecule has 0 aliphatic rings. The Hall–Kier alpha value is -1.68. The van der Waals surface area contributed by atoms with Crippen LogP contribution in [0.5, 0.6) is 0 Å². The summed E-state index contributed by atoms with van der Waals surface area (Å²) in [5, 5.41) is 18.3. The van der Waals surface area contributed by atoms with Crippen LogP contribution in [-0.2, 0) is 19.6 Å². The Balaban J connectivity index is 3.20. The van der Waals surface area contributed by atoms with Crippen LogP contribution in [0.4, 0.5) is 0 Å². The summed E-state index contributed by atoms with van der Waals surface area (Å²) >= 11 is 5.72. The molecule has 0 aromatic heterocycles. The van der Waals surface area contributed by atoms with E-state index in [9.17, 15) is 23.1 Å². The Morgan fingerprint density at radius 1 is 1.41 bits per heavy atom. The zero-order valence-corrected chi connectivity index (χ0v) is 13.2. The second kappa shape index (κ2) is 6.61. The number of hydrogen-bond donors (Lipinski definition) is 3. The number of rotatable bonds is 6. The van der Waals surface area contributed by atoms with Crippen LogP contribution in [0.1, 0.15) is 17.3 Å². The van der Waals surface area contributed by atoms with Gasteiger partial charge in [0.05, 0.1) is 24.1 Å². The predicted molar refractivity (Wildman–Crippen MR) is 76.2 cm³/mol. The van der Waals surface area contributed by atoms with Gasteiger partial charge in [-0.2, -0.15) is 0 Å². The summed E-state index contributed by atoms with van der Waals surface area (Å²) in [6, 6.07) is 3.49. The molecule has 1 rings (SSSR count). The molecule has 0 amide bonds. The molecule has 22 heavy (non-hydrogen) atoms. The predicted octanol–water partition coefficient (Wildman–Crippen LogP) is 0.240. The number of halogens is 1. The fourth-order valence-electron chi connectivity index (χ4n) is 1.39. The second-order valence-corrected chi connectivity index (χ2v) is 6.71. The first kappa shape index (κ1) is 18.4. The lowest BCUT2D eigenvalue weighted by atomic mass is 10.1. The number of benzene rings is 1. The van der Waals surface area contributed by atoms with Gasteiger partial charge in [-0.1, -0.05) is 11.6 Å². The van der Waals surface area contributed by atoms with Crippen LogP contribution in [-0.4, -0.2) is 49.8 Å². The van der Waals surface area contributed by atoms with Crippen molar-refractivity contribution >= 4 is 33.6 Å². The van der Waals surface area contributed by atoms with Crippen molar-refractivity contribution in [2.45, 2.75) is 17.4 Å². The van der Waals surface area contributed by atoms with E-state index in [0.29, 0.717) is 0 Å². The minimum Gasteiger partial charge on any atom is -0.479 e. The van der Waals surface area contributed by atoms with Crippen LogP contribution >= 0.6 is 11.6 Å². The number of carboxylic acid groups (broad SMARTS) is 1. The number of nitrogens with one attached hydrogen (secondary N) is 1. The highest BCUT2D eigenvalue weighted by Crippen LogP contribution is 2.22. The topological polar surface area (TPSA) is 130 Å². The number of sulfonamides is 1. The SMILES string of the molecule is COC(=O)c1ccc(Cl)cc1S(=O)(=O)NCC(C)(O)C(=O)O. The van der Waals surface area contributed by atoms with Crippen molar-refractivity contribution in [1.82, 2.24) is 4.72 Å². The Kier molecular flexibility index (Phi) is 5.52. The molecule has 0 spiro atoms. The first-order chi connectivity index (χ1) is 10.0. The van der Waals surface area contributed by atoms with E-state index in [-0.39, 0.29) is 10.6 Å². The number of esters is 1. The number of carbonyl (C=O) groups excluding carboxylic acids is 1. The van der Waals surface area contributed by atoms with Crippen LogP contribution in [0.2, 0.25) is 5.02 Å². The maximum Gasteiger partial charge on any atom is 0.339 e. The van der Waals surface area contributed by atoms with Crippen molar-refractivity contribution in [2.75, 3.05) is 13.7 Å². The third-order valence-corrected chi connectivity index (χ3v) is 4.38. The monoisotopic (exact) mass is 351 g/mol. The number of methoxy groups -OCH3 is 1. The smallest absolute Gasteiger partial charge is 0.339 e. The highest BCUT2D eigenvalue weighted by Gasteiger charge is 2.33. The van der Waals surface area contributed by atoms with Gasteiger partial charge in [-0.25, -0.2) is 22.7 Å². The minimum absolute atomic E-state index is 0.0537. The van der Waals surface area contributed by atoms with Gasteiger partial charge < -0.3 is 14.9 Å². The number of hydrogen-bond acceptors (Lipinski definition) is 6. The van der Waals surface area contributed by atoms with E-state index >= 15 is 0 Å². The van der Waals surface area contributed by atoms with Crippen LogP contribution < -0.4 is 4.72 Å². The van der Waals surface area contributed by atoms with Gasteiger partial charge in [0, 0.05) is 5.02 Å². The average molecular weight is 352 g/mol. The number of aliphatic carboxylic acids is 1. The first-order valence-corrected chi connectivity index (χ1v) is 7.70. The van der Waals surface area contributed by atoms with Crippen molar-refractivity contribution in [3.63, 3.8) is 0 Å². The average Bonchev–Trinajstić information content (AvgIpc) is 2.44. The zero-order chi connectivity index (χ0) is 17.1. The molecule has 0 aliphatic carbocycles. The Morgan fingerprint density at radius 2 is 2.00 bits per heavy atom. The van der Waals surface area contributed by atoms with Gasteiger partial charge in [-0.05, 0) is 25.1 Å². The van der Waals surface area contributed by atoms with Gasteiger partial charge in [0.25, 0.3) is 0 Å². The molecule has 1 aromatic rings. The highest BCUT2D eigenvalue weighted by molar-refractivity contribution is 7.89. The molecule has 0 saturated carbocycles. The van der Waals surface area contributed by atoms with Gasteiger partial charge in [-0.3, -0.25) is 0 Å². The van der Waals surface area contributed by atoms with E-state index in [1.165, 1.54) is 6.07 Å². The largest absolute Gasteiger partial charge is 0.479 e. The fourth-order valence-corrected chi connectivity index (χ4v) is 2.97. The summed E-state index contributed by atoms with van der Waals surface area (Å²) in [6.07, 6.45) is 0. The third kappa shape index (κ3) is 4.17. The van der Waals surface area contributed by atoms with Gasteiger partial charge in [0.15, 0.2) is 5.60 Å². The highest BCUT2D eigenvalue weighted by atomic mass is 35.5. The van der Waals surface area contributed by atoms with Gasteiger partial charge >= 0.3 is 11.9 Å². The Bertz CT molecular complexity index is 699. The van der Waals surface area contributed by atoms with Gasteiger partial charge in [0.2, 0.25) is 10.0 Å². The number of carboxylic acids is 1. The maximum absolute atomic E-state index is 12.2. The zero-order valence-electron chi connectivity index (χ0n) is 11.7. The molecule has 0 heterocycles. The molecular formula is C12H14ClNO7S. The van der Waals surface area contributed by atoms with E-state index in [0.717, 1.165) is 26.2 Å². The summed E-state index contributed by atoms with van der Waals surface area (Å²) < 4.78 is 30.8. The van der Waals surface area contributed by atoms with E-state index in [1.54, 1.807) is 0 Å². The standard InChI is InChI=1S/C12H14ClNO7S/c1-12(18,11(16)17)6-14-22(19,20)9-5-7(13)3-4-8(9)10(15)21-2/h3-5,14,18H,6H2,1-2H3,(H,16,17). The molecule has 1 aromatic carbocycles. The van der Waals surface area contributed by atoms with Crippen molar-refractivity contribution in [3.8, 4) is 0 Å². The lowest BCUT2D eigenvalue weighted by Gasteiger charge is -2.19. The second-order valence-electron chi connectivity index (χ2n) is 4.54. The Morgan fingerprint density at radius 3 is 2.50 bits per heavy atom. The number of carbonyl (C=O) groups is 2. The summed E-state index contributed by atoms with van der Waals surface area (Å²) in [5.74, 6) is -2.50. The molecular weight excluding hydrogens is 338 g/mol. The number of aliphatic hydroxyl groups is 1. The summed E-state index contributed by atoms with van der Waals surface area (Å²) in [6.45, 7) is 0.134. The molecule has 8 nitrogen and oxygen atoms in total. The first-order valence-electron chi connectivity index (χ1n) is 5.84. The van der Waals surface area contributed by atoms with Crippen molar-refractivity contribution in [2.24, 2.45) is 0 Å². The number of ether oxygens (including phenoxy) is 1. The van der Waals surface area contributed by atoms with E-state index in [2.05, 4.69) is 4.74 Å². The molecule has 0 radical (unpaired) electrons. The van der Waals surface area contributed by atoms with Crippen molar-refractivity contribution < 1.29 is 33.0 Å². The molecule has 122 valence electrons. The summed E-state index contributed by atoms with van der Waals surface area (Å²) in [5.41, 5.74) is -2.58. The van der Waals surface area contributed by atoms with Crippen molar-refractivity contribution in [3.05, 3.63) is 28.8 Å². The van der Waals surface area contributed by atoms with E-state index < -0.39 is 39.0 Å². The van der Waals surface area contributed by atoms with Crippen LogP contribution in [0, 0.1) is 0 Å². The lowest BCUT2D eigenvalue weighted by Crippen LogP contribution is -2.46. The third-order valence-electron chi connectivity index (χ3n) is 2.71. The maximum atomic E-state index is 12.2. The molecule has 0 fully saturated rings. The molecule has 0 aliphatic heterocycles. The summed E-state index contributed by atoms with van der Waals surface area (Å²) in [7, 11) is -3.21. The normalized spacial score (nSPS) is 14.2. The van der Waals surface area contributed by atoms with E-state index in [1.807, 2.05) is 4.72 Å². The molecule has 3 N–H and O–H groups in total. The summed E-state index contributed by atoms with van der Waals surface area (Å²) in [4.78, 5) is 21.9. The molecule has 10 heteroatoms. The lowest BCUT2D eigenvalue weighted by molar-refractivity contribution is -0.155. The van der Waals surface area contributed by atoms with Crippen LogP contribution in [0.15, 0.2) is 23.1 Å². The molecule has 1 atom stereocenters. The quantitative estimate of drug-likeness (QED) is 0.626. The van der Waals surface area contributed by atoms with Crippen LogP contribution in [0.3, 0.4) is 0 Å². The van der Waals surface area contributed by atoms with E-state index in [4.69, 9.17) is 16.7 Å². The minimum atomic E-state index is -4.29. The molecule has 0 saturated heterocycles. The molecule has 1 unspecified atom stereocenters. The van der Waals surface area contributed by atoms with Gasteiger partial charge in [0.1, 0.15) is 0 Å². The fraction of sp³-hybridized carbons (Fsp3) is 0.333. The van der Waals surface area contributed by atoms with Gasteiger partial charge in [-0.15, -0.1) is 0 Å². The molecule has 0 bridgehead atoms. The van der Waals surface area contributed by atoms with Crippen molar-refractivity contribution in [1.29, 1.82) is 0 Å². The van der Waals surface area contributed by atoms with Crippen LogP contribution in [0.25, 0.3) is 0 Å².